The molecule has 194 valence electrons. The lowest BCUT2D eigenvalue weighted by Crippen LogP contribution is -2.05. The Labute approximate surface area is 222 Å². The van der Waals surface area contributed by atoms with Crippen LogP contribution in [-0.2, 0) is 13.2 Å². The molecule has 4 rings (SSSR count). The topological polar surface area (TPSA) is 73.6 Å². The number of carboxylic acids is 1. The van der Waals surface area contributed by atoms with Crippen molar-refractivity contribution in [2.45, 2.75) is 60.1 Å². The fourth-order valence-corrected chi connectivity index (χ4v) is 4.68. The zero-order valence-corrected chi connectivity index (χ0v) is 22.6. The molecule has 4 aromatic rings. The number of hydrogen-bond donors (Lipinski definition) is 1. The van der Waals surface area contributed by atoms with Crippen LogP contribution in [0.3, 0.4) is 0 Å². The Morgan fingerprint density at radius 1 is 1.00 bits per heavy atom. The average Bonchev–Trinajstić information content (AvgIpc) is 3.18. The molecule has 0 amide bonds. The van der Waals surface area contributed by atoms with E-state index in [0.717, 1.165) is 58.6 Å². The first-order chi connectivity index (χ1) is 17.8. The van der Waals surface area contributed by atoms with Crippen LogP contribution in [0.5, 0.6) is 11.5 Å². The first-order valence-corrected chi connectivity index (χ1v) is 13.0. The summed E-state index contributed by atoms with van der Waals surface area (Å²) in [5.41, 5.74) is 5.70. The lowest BCUT2D eigenvalue weighted by atomic mass is 10.0. The van der Waals surface area contributed by atoms with Crippen LogP contribution < -0.4 is 9.47 Å². The van der Waals surface area contributed by atoms with Gasteiger partial charge in [-0.15, -0.1) is 0 Å². The number of aromatic carboxylic acids is 1. The molecule has 6 nitrogen and oxygen atoms in total. The van der Waals surface area contributed by atoms with Crippen molar-refractivity contribution < 1.29 is 19.4 Å². The summed E-state index contributed by atoms with van der Waals surface area (Å²) >= 11 is 6.64. The van der Waals surface area contributed by atoms with Crippen molar-refractivity contribution >= 4 is 28.6 Å². The van der Waals surface area contributed by atoms with Crippen LogP contribution in [-0.4, -0.2) is 27.2 Å². The summed E-state index contributed by atoms with van der Waals surface area (Å²) in [6.07, 6.45) is 3.34. The fraction of sp³-hybridized carbons (Fsp3) is 0.333. The van der Waals surface area contributed by atoms with Gasteiger partial charge in [0.1, 0.15) is 23.9 Å². The molecule has 0 aliphatic heterocycles. The number of nitrogens with zero attached hydrogens (tertiary/aromatic N) is 2. The summed E-state index contributed by atoms with van der Waals surface area (Å²) in [7, 11) is 0. The van der Waals surface area contributed by atoms with E-state index in [9.17, 15) is 9.90 Å². The zero-order valence-electron chi connectivity index (χ0n) is 21.8. The standard InChI is InChI=1S/C30H33ClN2O4/c1-5-6-7-13-36-24-12-11-22(27(31)15-24)17-33-21(4)32-29-19(2)14-25(16-28(29)33)37-18-23-9-8-10-26(20(23)3)30(34)35/h8-12,14-16H,5-7,13,17-18H2,1-4H3,(H,34,35). The maximum absolute atomic E-state index is 11.5. The van der Waals surface area contributed by atoms with E-state index in [2.05, 4.69) is 11.5 Å². The number of hydrogen-bond acceptors (Lipinski definition) is 4. The van der Waals surface area contributed by atoms with Gasteiger partial charge in [0, 0.05) is 11.1 Å². The first kappa shape index (κ1) is 26.6. The van der Waals surface area contributed by atoms with Gasteiger partial charge < -0.3 is 19.1 Å². The number of benzene rings is 3. The van der Waals surface area contributed by atoms with Gasteiger partial charge in [0.2, 0.25) is 0 Å². The molecular formula is C30H33ClN2O4. The summed E-state index contributed by atoms with van der Waals surface area (Å²) in [6.45, 7) is 9.51. The molecule has 7 heteroatoms. The summed E-state index contributed by atoms with van der Waals surface area (Å²) in [4.78, 5) is 16.3. The third-order valence-electron chi connectivity index (χ3n) is 6.65. The Balaban J connectivity index is 1.56. The Bertz CT molecular complexity index is 1430. The maximum atomic E-state index is 11.5. The largest absolute Gasteiger partial charge is 0.494 e. The van der Waals surface area contributed by atoms with Gasteiger partial charge in [-0.25, -0.2) is 9.78 Å². The highest BCUT2D eigenvalue weighted by Crippen LogP contribution is 2.30. The third kappa shape index (κ3) is 6.08. The van der Waals surface area contributed by atoms with Crippen molar-refractivity contribution in [3.8, 4) is 11.5 Å². The molecule has 0 spiro atoms. The number of carboxylic acid groups (broad SMARTS) is 1. The second kappa shape index (κ2) is 11.7. The molecule has 1 aromatic heterocycles. The van der Waals surface area contributed by atoms with E-state index in [0.29, 0.717) is 29.5 Å². The van der Waals surface area contributed by atoms with Gasteiger partial charge in [-0.2, -0.15) is 0 Å². The molecule has 0 aliphatic carbocycles. The number of aromatic nitrogens is 2. The molecule has 0 saturated carbocycles. The quantitative estimate of drug-likeness (QED) is 0.207. The molecule has 0 aliphatic rings. The van der Waals surface area contributed by atoms with Crippen molar-refractivity contribution in [3.63, 3.8) is 0 Å². The van der Waals surface area contributed by atoms with Crippen molar-refractivity contribution in [3.05, 3.63) is 87.2 Å². The number of unbranched alkanes of at least 4 members (excludes halogenated alkanes) is 2. The molecule has 37 heavy (non-hydrogen) atoms. The second-order valence-electron chi connectivity index (χ2n) is 9.35. The highest BCUT2D eigenvalue weighted by Gasteiger charge is 2.15. The molecule has 1 N–H and O–H groups in total. The maximum Gasteiger partial charge on any atom is 0.335 e. The SMILES string of the molecule is CCCCCOc1ccc(Cn2c(C)nc3c(C)cc(OCc4cccc(C(=O)O)c4C)cc32)c(Cl)c1. The Morgan fingerprint density at radius 3 is 2.54 bits per heavy atom. The minimum atomic E-state index is -0.939. The highest BCUT2D eigenvalue weighted by atomic mass is 35.5. The summed E-state index contributed by atoms with van der Waals surface area (Å²) < 4.78 is 14.1. The number of fused-ring (bicyclic) bond motifs is 1. The van der Waals surface area contributed by atoms with Crippen LogP contribution in [0.25, 0.3) is 11.0 Å². The molecule has 0 bridgehead atoms. The number of carbonyl (C=O) groups is 1. The Morgan fingerprint density at radius 2 is 1.81 bits per heavy atom. The van der Waals surface area contributed by atoms with E-state index in [4.69, 9.17) is 26.1 Å². The van der Waals surface area contributed by atoms with Gasteiger partial charge in [-0.05, 0) is 73.7 Å². The van der Waals surface area contributed by atoms with E-state index >= 15 is 0 Å². The molecule has 0 saturated heterocycles. The number of aryl methyl sites for hydroxylation is 2. The molecule has 0 unspecified atom stereocenters. The molecular weight excluding hydrogens is 488 g/mol. The van der Waals surface area contributed by atoms with Crippen molar-refractivity contribution in [1.29, 1.82) is 0 Å². The van der Waals surface area contributed by atoms with Gasteiger partial charge >= 0.3 is 5.97 Å². The lowest BCUT2D eigenvalue weighted by molar-refractivity contribution is 0.0696. The molecule has 1 heterocycles. The number of ether oxygens (including phenoxy) is 2. The fourth-order valence-electron chi connectivity index (χ4n) is 4.45. The zero-order chi connectivity index (χ0) is 26.5. The van der Waals surface area contributed by atoms with E-state index in [1.54, 1.807) is 19.1 Å². The van der Waals surface area contributed by atoms with Gasteiger partial charge in [0.25, 0.3) is 0 Å². The number of rotatable bonds is 11. The van der Waals surface area contributed by atoms with Gasteiger partial charge in [-0.1, -0.05) is 49.6 Å². The van der Waals surface area contributed by atoms with E-state index < -0.39 is 5.97 Å². The Hall–Kier alpha value is -3.51. The predicted molar refractivity (Wildman–Crippen MR) is 147 cm³/mol. The Kier molecular flexibility index (Phi) is 8.39. The van der Waals surface area contributed by atoms with Crippen LogP contribution in [0.4, 0.5) is 0 Å². The molecule has 0 atom stereocenters. The van der Waals surface area contributed by atoms with E-state index in [1.165, 1.54) is 0 Å². The van der Waals surface area contributed by atoms with Crippen LogP contribution >= 0.6 is 11.6 Å². The monoisotopic (exact) mass is 520 g/mol. The smallest absolute Gasteiger partial charge is 0.335 e. The van der Waals surface area contributed by atoms with Crippen molar-refractivity contribution in [1.82, 2.24) is 9.55 Å². The van der Waals surface area contributed by atoms with Crippen LogP contribution in [0, 0.1) is 20.8 Å². The van der Waals surface area contributed by atoms with Crippen molar-refractivity contribution in [2.75, 3.05) is 6.61 Å². The minimum Gasteiger partial charge on any atom is -0.494 e. The van der Waals surface area contributed by atoms with Crippen LogP contribution in [0.15, 0.2) is 48.5 Å². The van der Waals surface area contributed by atoms with E-state index in [-0.39, 0.29) is 12.2 Å². The number of imidazole rings is 1. The summed E-state index contributed by atoms with van der Waals surface area (Å²) in [6, 6.07) is 15.0. The van der Waals surface area contributed by atoms with Gasteiger partial charge in [0.05, 0.1) is 29.7 Å². The summed E-state index contributed by atoms with van der Waals surface area (Å²) in [5, 5.41) is 10.1. The van der Waals surface area contributed by atoms with Crippen molar-refractivity contribution in [2.24, 2.45) is 0 Å². The van der Waals surface area contributed by atoms with Crippen LogP contribution in [0.1, 0.15) is 64.6 Å². The van der Waals surface area contributed by atoms with Crippen LogP contribution in [0.2, 0.25) is 5.02 Å². The van der Waals surface area contributed by atoms with Gasteiger partial charge in [-0.3, -0.25) is 0 Å². The lowest BCUT2D eigenvalue weighted by Gasteiger charge is -2.13. The third-order valence-corrected chi connectivity index (χ3v) is 7.00. The summed E-state index contributed by atoms with van der Waals surface area (Å²) in [5.74, 6) is 1.43. The predicted octanol–water partition coefficient (Wildman–Crippen LogP) is 7.51. The second-order valence-corrected chi connectivity index (χ2v) is 9.75. The molecule has 3 aromatic carbocycles. The number of halogens is 1. The normalized spacial score (nSPS) is 11.2. The molecule has 0 radical (unpaired) electrons. The molecule has 0 fully saturated rings. The average molecular weight is 521 g/mol. The minimum absolute atomic E-state index is 0.274. The van der Waals surface area contributed by atoms with Gasteiger partial charge in [0.15, 0.2) is 0 Å². The first-order valence-electron chi connectivity index (χ1n) is 12.6. The highest BCUT2D eigenvalue weighted by molar-refractivity contribution is 6.31. The van der Waals surface area contributed by atoms with E-state index in [1.807, 2.05) is 50.2 Å².